The molecule has 1 aliphatic rings. The molecule has 1 fully saturated rings. The summed E-state index contributed by atoms with van der Waals surface area (Å²) in [5, 5.41) is 7.07. The molecule has 1 amide bonds. The third-order valence-corrected chi connectivity index (χ3v) is 6.45. The van der Waals surface area contributed by atoms with Crippen molar-refractivity contribution in [3.8, 4) is 5.69 Å². The number of hydrogen-bond acceptors (Lipinski definition) is 6. The van der Waals surface area contributed by atoms with Gasteiger partial charge in [0.1, 0.15) is 0 Å². The number of aryl methyl sites for hydroxylation is 1. The Labute approximate surface area is 169 Å². The van der Waals surface area contributed by atoms with E-state index in [1.54, 1.807) is 10.8 Å². The van der Waals surface area contributed by atoms with E-state index >= 15 is 0 Å². The number of nitrogens with one attached hydrogen (secondary N) is 1. The van der Waals surface area contributed by atoms with E-state index < -0.39 is 34.4 Å². The van der Waals surface area contributed by atoms with Gasteiger partial charge >= 0.3 is 5.97 Å². The molecular formula is C20H23N3O5S. The smallest absolute Gasteiger partial charge is 0.331 e. The van der Waals surface area contributed by atoms with Crippen LogP contribution in [0.3, 0.4) is 0 Å². The number of carbonyl (C=O) groups excluding carboxylic acids is 2. The van der Waals surface area contributed by atoms with Gasteiger partial charge in [-0.15, -0.1) is 0 Å². The van der Waals surface area contributed by atoms with Crippen LogP contribution < -0.4 is 5.32 Å². The maximum atomic E-state index is 11.9. The van der Waals surface area contributed by atoms with Crippen molar-refractivity contribution < 1.29 is 22.7 Å². The molecule has 0 aliphatic carbocycles. The Hall–Kier alpha value is -2.94. The van der Waals surface area contributed by atoms with Gasteiger partial charge in [-0.3, -0.25) is 4.79 Å². The largest absolute Gasteiger partial charge is 0.452 e. The second kappa shape index (κ2) is 8.60. The highest BCUT2D eigenvalue weighted by Crippen LogP contribution is 2.19. The van der Waals surface area contributed by atoms with Gasteiger partial charge in [0.15, 0.2) is 16.4 Å². The molecule has 3 rings (SSSR count). The number of benzene rings is 1. The summed E-state index contributed by atoms with van der Waals surface area (Å²) in [6, 6.07) is 9.23. The van der Waals surface area contributed by atoms with Gasteiger partial charge in [0, 0.05) is 23.4 Å². The van der Waals surface area contributed by atoms with E-state index in [0.29, 0.717) is 6.42 Å². The van der Waals surface area contributed by atoms with Crippen molar-refractivity contribution >= 4 is 27.8 Å². The molecule has 1 aromatic heterocycles. The summed E-state index contributed by atoms with van der Waals surface area (Å²) >= 11 is 0. The van der Waals surface area contributed by atoms with E-state index in [2.05, 4.69) is 10.4 Å². The maximum absolute atomic E-state index is 11.9. The van der Waals surface area contributed by atoms with Crippen molar-refractivity contribution in [3.05, 3.63) is 53.4 Å². The number of hydrogen-bond donors (Lipinski definition) is 1. The Morgan fingerprint density at radius 1 is 1.28 bits per heavy atom. The lowest BCUT2D eigenvalue weighted by atomic mass is 10.2. The molecule has 1 atom stereocenters. The molecule has 1 unspecified atom stereocenters. The molecule has 2 aromatic rings. The summed E-state index contributed by atoms with van der Waals surface area (Å²) < 4.78 is 29.5. The van der Waals surface area contributed by atoms with Crippen LogP contribution in [0.25, 0.3) is 11.8 Å². The monoisotopic (exact) mass is 417 g/mol. The van der Waals surface area contributed by atoms with Gasteiger partial charge in [0.25, 0.3) is 5.91 Å². The van der Waals surface area contributed by atoms with Crippen LogP contribution in [-0.2, 0) is 24.2 Å². The molecule has 154 valence electrons. The van der Waals surface area contributed by atoms with Crippen LogP contribution >= 0.6 is 0 Å². The first kappa shape index (κ1) is 20.8. The van der Waals surface area contributed by atoms with Gasteiger partial charge in [0.2, 0.25) is 0 Å². The Bertz CT molecular complexity index is 1040. The first-order chi connectivity index (χ1) is 13.7. The molecule has 0 spiro atoms. The molecule has 0 radical (unpaired) electrons. The summed E-state index contributed by atoms with van der Waals surface area (Å²) in [6.45, 7) is 3.29. The number of esters is 1. The van der Waals surface area contributed by atoms with Crippen molar-refractivity contribution in [1.29, 1.82) is 0 Å². The summed E-state index contributed by atoms with van der Waals surface area (Å²) in [7, 11) is -3.08. The van der Waals surface area contributed by atoms with Crippen molar-refractivity contribution in [1.82, 2.24) is 15.1 Å². The summed E-state index contributed by atoms with van der Waals surface area (Å²) in [5.74, 6) is -1.18. The Balaban J connectivity index is 1.56. The Morgan fingerprint density at radius 3 is 2.66 bits per heavy atom. The van der Waals surface area contributed by atoms with Crippen LogP contribution in [0.15, 0.2) is 36.4 Å². The van der Waals surface area contributed by atoms with E-state index in [4.69, 9.17) is 4.74 Å². The first-order valence-electron chi connectivity index (χ1n) is 9.21. The number of nitrogens with zero attached hydrogens (tertiary/aromatic N) is 2. The van der Waals surface area contributed by atoms with Crippen LogP contribution in [0, 0.1) is 13.8 Å². The predicted molar refractivity (Wildman–Crippen MR) is 108 cm³/mol. The van der Waals surface area contributed by atoms with E-state index in [0.717, 1.165) is 22.6 Å². The molecule has 1 N–H and O–H groups in total. The summed E-state index contributed by atoms with van der Waals surface area (Å²) in [6.07, 6.45) is 3.24. The van der Waals surface area contributed by atoms with Gasteiger partial charge in [-0.05, 0) is 38.5 Å². The quantitative estimate of drug-likeness (QED) is 0.562. The lowest BCUT2D eigenvalue weighted by molar-refractivity contribution is -0.143. The predicted octanol–water partition coefficient (Wildman–Crippen LogP) is 1.35. The van der Waals surface area contributed by atoms with E-state index in [9.17, 15) is 18.0 Å². The van der Waals surface area contributed by atoms with Crippen LogP contribution in [0.1, 0.15) is 23.4 Å². The van der Waals surface area contributed by atoms with E-state index in [1.807, 2.05) is 44.2 Å². The zero-order valence-corrected chi connectivity index (χ0v) is 17.1. The summed E-state index contributed by atoms with van der Waals surface area (Å²) in [5.41, 5.74) is 3.35. The zero-order valence-electron chi connectivity index (χ0n) is 16.3. The van der Waals surface area contributed by atoms with Gasteiger partial charge < -0.3 is 10.1 Å². The Kier molecular flexibility index (Phi) is 6.17. The van der Waals surface area contributed by atoms with Crippen molar-refractivity contribution in [2.75, 3.05) is 18.1 Å². The third-order valence-electron chi connectivity index (χ3n) is 4.68. The van der Waals surface area contributed by atoms with Gasteiger partial charge in [-0.1, -0.05) is 18.2 Å². The van der Waals surface area contributed by atoms with Crippen molar-refractivity contribution in [2.45, 2.75) is 26.3 Å². The molecule has 2 heterocycles. The van der Waals surface area contributed by atoms with Crippen molar-refractivity contribution in [2.24, 2.45) is 0 Å². The second-order valence-electron chi connectivity index (χ2n) is 6.94. The van der Waals surface area contributed by atoms with E-state index in [-0.39, 0.29) is 11.5 Å². The van der Waals surface area contributed by atoms with Gasteiger partial charge in [-0.25, -0.2) is 17.9 Å². The van der Waals surface area contributed by atoms with Gasteiger partial charge in [-0.2, -0.15) is 5.10 Å². The fourth-order valence-corrected chi connectivity index (χ4v) is 4.90. The lowest BCUT2D eigenvalue weighted by Gasteiger charge is -2.10. The topological polar surface area (TPSA) is 107 Å². The number of rotatable bonds is 6. The van der Waals surface area contributed by atoms with E-state index in [1.165, 1.54) is 6.08 Å². The fraction of sp³-hybridized carbons (Fsp3) is 0.350. The average Bonchev–Trinajstić information content (AvgIpc) is 3.17. The number of carbonyl (C=O) groups is 2. The van der Waals surface area contributed by atoms with Crippen LogP contribution in [-0.4, -0.2) is 54.2 Å². The average molecular weight is 417 g/mol. The second-order valence-corrected chi connectivity index (χ2v) is 9.17. The highest BCUT2D eigenvalue weighted by molar-refractivity contribution is 7.91. The first-order valence-corrected chi connectivity index (χ1v) is 11.0. The van der Waals surface area contributed by atoms with Crippen LogP contribution in [0.2, 0.25) is 0 Å². The molecule has 0 bridgehead atoms. The fourth-order valence-electron chi connectivity index (χ4n) is 3.23. The molecule has 1 aliphatic heterocycles. The molecule has 8 nitrogen and oxygen atoms in total. The van der Waals surface area contributed by atoms with Gasteiger partial charge in [0.05, 0.1) is 22.9 Å². The molecule has 9 heteroatoms. The Morgan fingerprint density at radius 2 is 2.00 bits per heavy atom. The van der Waals surface area contributed by atoms with Crippen LogP contribution in [0.4, 0.5) is 0 Å². The number of sulfone groups is 1. The lowest BCUT2D eigenvalue weighted by Crippen LogP contribution is -2.38. The number of para-hydroxylation sites is 1. The minimum absolute atomic E-state index is 0.0653. The molecule has 1 aromatic carbocycles. The molecule has 0 saturated carbocycles. The van der Waals surface area contributed by atoms with Crippen LogP contribution in [0.5, 0.6) is 0 Å². The van der Waals surface area contributed by atoms with Crippen molar-refractivity contribution in [3.63, 3.8) is 0 Å². The number of amides is 1. The SMILES string of the molecule is Cc1nn(-c2ccccc2)c(C)c1/C=C/C(=O)OCC(=O)NC1CCS(=O)(=O)C1. The minimum atomic E-state index is -3.08. The highest BCUT2D eigenvalue weighted by atomic mass is 32.2. The third kappa shape index (κ3) is 5.32. The molecule has 1 saturated heterocycles. The maximum Gasteiger partial charge on any atom is 0.331 e. The zero-order chi connectivity index (χ0) is 21.0. The highest BCUT2D eigenvalue weighted by Gasteiger charge is 2.28. The standard InChI is InChI=1S/C20H23N3O5S/c1-14-18(15(2)23(22-14)17-6-4-3-5-7-17)8-9-20(25)28-12-19(24)21-16-10-11-29(26,27)13-16/h3-9,16H,10-13H2,1-2H3,(H,21,24)/b9-8+. The number of aromatic nitrogens is 2. The number of ether oxygens (including phenoxy) is 1. The summed E-state index contributed by atoms with van der Waals surface area (Å²) in [4.78, 5) is 23.8. The molecule has 29 heavy (non-hydrogen) atoms. The minimum Gasteiger partial charge on any atom is -0.452 e. The molecular weight excluding hydrogens is 394 g/mol. The normalized spacial score (nSPS) is 18.1.